The molecule has 2 aromatic carbocycles. The zero-order valence-corrected chi connectivity index (χ0v) is 15.8. The third kappa shape index (κ3) is 3.83. The first-order valence-corrected chi connectivity index (χ1v) is 8.96. The highest BCUT2D eigenvalue weighted by Gasteiger charge is 2.18. The minimum Gasteiger partial charge on any atom is -0.320 e. The normalized spacial score (nSPS) is 10.8. The molecule has 0 atom stereocenters. The van der Waals surface area contributed by atoms with Crippen molar-refractivity contribution in [1.82, 2.24) is 15.2 Å². The van der Waals surface area contributed by atoms with Crippen LogP contribution in [0.1, 0.15) is 20.8 Å². The monoisotopic (exact) mass is 427 g/mol. The Bertz CT molecular complexity index is 1290. The van der Waals surface area contributed by atoms with Gasteiger partial charge in [-0.2, -0.15) is 5.10 Å². The fraction of sp³-hybridized carbons (Fsp3) is 0. The third-order valence-corrected chi connectivity index (χ3v) is 4.53. The molecule has 4 rings (SSSR count). The lowest BCUT2D eigenvalue weighted by molar-refractivity contribution is 0.101. The minimum atomic E-state index is -1.21. The first kappa shape index (κ1) is 19.5. The number of pyridine rings is 1. The Labute approximate surface area is 173 Å². The Hall–Kier alpha value is -3.85. The van der Waals surface area contributed by atoms with E-state index in [9.17, 15) is 18.4 Å². The van der Waals surface area contributed by atoms with Gasteiger partial charge < -0.3 is 10.6 Å². The van der Waals surface area contributed by atoms with E-state index in [1.54, 1.807) is 24.4 Å². The van der Waals surface area contributed by atoms with Crippen molar-refractivity contribution in [3.63, 3.8) is 0 Å². The molecule has 4 aromatic rings. The molecule has 150 valence electrons. The molecular weight excluding hydrogens is 416 g/mol. The fourth-order valence-corrected chi connectivity index (χ4v) is 3.02. The molecule has 2 aromatic heterocycles. The molecule has 7 nitrogen and oxygen atoms in total. The number of nitrogens with one attached hydrogen (secondary N) is 3. The summed E-state index contributed by atoms with van der Waals surface area (Å²) in [6.07, 6.45) is 1.65. The number of H-pyrrole nitrogens is 1. The molecule has 0 aliphatic rings. The largest absolute Gasteiger partial charge is 0.320 e. The molecule has 30 heavy (non-hydrogen) atoms. The lowest BCUT2D eigenvalue weighted by Crippen LogP contribution is -2.14. The number of hydrogen-bond acceptors (Lipinski definition) is 4. The molecule has 10 heteroatoms. The van der Waals surface area contributed by atoms with Gasteiger partial charge in [-0.15, -0.1) is 0 Å². The molecule has 0 spiro atoms. The van der Waals surface area contributed by atoms with Crippen LogP contribution in [0, 0.1) is 11.6 Å². The highest BCUT2D eigenvalue weighted by molar-refractivity contribution is 6.34. The van der Waals surface area contributed by atoms with Crippen LogP contribution in [0.5, 0.6) is 0 Å². The Morgan fingerprint density at radius 3 is 2.60 bits per heavy atom. The average molecular weight is 428 g/mol. The summed E-state index contributed by atoms with van der Waals surface area (Å²) in [5, 5.41) is 12.0. The molecule has 0 bridgehead atoms. The van der Waals surface area contributed by atoms with Gasteiger partial charge in [-0.1, -0.05) is 17.7 Å². The highest BCUT2D eigenvalue weighted by atomic mass is 35.5. The Balaban J connectivity index is 1.50. The molecule has 0 unspecified atom stereocenters. The van der Waals surface area contributed by atoms with Crippen molar-refractivity contribution in [2.24, 2.45) is 0 Å². The molecule has 0 saturated heterocycles. The first-order valence-electron chi connectivity index (χ1n) is 8.59. The summed E-state index contributed by atoms with van der Waals surface area (Å²) in [4.78, 5) is 29.0. The van der Waals surface area contributed by atoms with Crippen LogP contribution in [-0.2, 0) is 0 Å². The van der Waals surface area contributed by atoms with Gasteiger partial charge in [0.25, 0.3) is 11.8 Å². The van der Waals surface area contributed by atoms with Crippen molar-refractivity contribution in [2.45, 2.75) is 0 Å². The van der Waals surface area contributed by atoms with Crippen molar-refractivity contribution in [2.75, 3.05) is 10.6 Å². The van der Waals surface area contributed by atoms with Crippen LogP contribution < -0.4 is 10.6 Å². The van der Waals surface area contributed by atoms with Crippen molar-refractivity contribution < 1.29 is 18.4 Å². The summed E-state index contributed by atoms with van der Waals surface area (Å²) in [5.41, 5.74) is 1.08. The van der Waals surface area contributed by atoms with E-state index in [4.69, 9.17) is 11.6 Å². The van der Waals surface area contributed by atoms with Gasteiger partial charge in [0, 0.05) is 17.6 Å². The number of nitrogens with zero attached hydrogens (tertiary/aromatic N) is 2. The van der Waals surface area contributed by atoms with E-state index in [1.165, 1.54) is 6.07 Å². The average Bonchev–Trinajstić information content (AvgIpc) is 3.19. The summed E-state index contributed by atoms with van der Waals surface area (Å²) < 4.78 is 26.6. The maximum absolute atomic E-state index is 13.4. The lowest BCUT2D eigenvalue weighted by Gasteiger charge is -2.07. The van der Waals surface area contributed by atoms with Gasteiger partial charge in [0.05, 0.1) is 21.8 Å². The molecule has 0 saturated carbocycles. The van der Waals surface area contributed by atoms with E-state index in [-0.39, 0.29) is 22.1 Å². The molecular formula is C20H12ClF2N5O2. The Morgan fingerprint density at radius 1 is 0.967 bits per heavy atom. The van der Waals surface area contributed by atoms with Crippen LogP contribution in [0.3, 0.4) is 0 Å². The number of carbonyl (C=O) groups is 2. The smallest absolute Gasteiger partial charge is 0.273 e. The number of amides is 2. The second-order valence-electron chi connectivity index (χ2n) is 6.20. The summed E-state index contributed by atoms with van der Waals surface area (Å²) in [5.74, 6) is -3.68. The molecule has 0 radical (unpaired) electrons. The number of carbonyl (C=O) groups excluding carboxylic acids is 2. The standard InChI is InChI=1S/C20H12ClF2N5O2/c21-12-8-14(23)13(22)7-11(12)19(29)26-18-9-17(27-28-18)20(30)25-16-5-1-4-15-10(16)3-2-6-24-15/h1-9H,(H,25,30)(H2,26,27,28,29). The second-order valence-corrected chi connectivity index (χ2v) is 6.60. The minimum absolute atomic E-state index is 0.00513. The number of hydrogen-bond donors (Lipinski definition) is 3. The Morgan fingerprint density at radius 2 is 1.77 bits per heavy atom. The van der Waals surface area contributed by atoms with Crippen molar-refractivity contribution in [3.05, 3.63) is 82.6 Å². The molecule has 0 fully saturated rings. The van der Waals surface area contributed by atoms with Crippen LogP contribution in [-0.4, -0.2) is 27.0 Å². The van der Waals surface area contributed by atoms with Crippen LogP contribution in [0.4, 0.5) is 20.3 Å². The van der Waals surface area contributed by atoms with E-state index in [1.807, 2.05) is 12.1 Å². The predicted molar refractivity (Wildman–Crippen MR) is 108 cm³/mol. The highest BCUT2D eigenvalue weighted by Crippen LogP contribution is 2.23. The maximum Gasteiger partial charge on any atom is 0.273 e. The molecule has 2 amide bonds. The van der Waals surface area contributed by atoms with E-state index in [2.05, 4.69) is 25.8 Å². The van der Waals surface area contributed by atoms with Gasteiger partial charge in [0.15, 0.2) is 17.5 Å². The van der Waals surface area contributed by atoms with Crippen molar-refractivity contribution in [1.29, 1.82) is 0 Å². The zero-order chi connectivity index (χ0) is 21.3. The molecule has 0 aliphatic heterocycles. The van der Waals surface area contributed by atoms with Crippen molar-refractivity contribution >= 4 is 45.8 Å². The number of aromatic amines is 1. The maximum atomic E-state index is 13.4. The van der Waals surface area contributed by atoms with Crippen LogP contribution >= 0.6 is 11.6 Å². The van der Waals surface area contributed by atoms with Gasteiger partial charge >= 0.3 is 0 Å². The second kappa shape index (κ2) is 7.88. The van der Waals surface area contributed by atoms with Gasteiger partial charge in [0.2, 0.25) is 0 Å². The van der Waals surface area contributed by atoms with Gasteiger partial charge in [-0.05, 0) is 36.4 Å². The number of rotatable bonds is 4. The quantitative estimate of drug-likeness (QED) is 0.420. The van der Waals surface area contributed by atoms with E-state index < -0.39 is 23.4 Å². The van der Waals surface area contributed by atoms with E-state index >= 15 is 0 Å². The predicted octanol–water partition coefficient (Wildman–Crippen LogP) is 4.39. The summed E-state index contributed by atoms with van der Waals surface area (Å²) in [7, 11) is 0. The first-order chi connectivity index (χ1) is 14.4. The summed E-state index contributed by atoms with van der Waals surface area (Å²) in [6, 6.07) is 11.6. The van der Waals surface area contributed by atoms with Crippen LogP contribution in [0.25, 0.3) is 10.9 Å². The van der Waals surface area contributed by atoms with Crippen LogP contribution in [0.2, 0.25) is 5.02 Å². The number of benzene rings is 2. The zero-order valence-electron chi connectivity index (χ0n) is 15.0. The molecule has 3 N–H and O–H groups in total. The number of aromatic nitrogens is 3. The SMILES string of the molecule is O=C(Nc1cccc2ncccc12)c1cc(NC(=O)c2cc(F)c(F)cc2Cl)n[nH]1. The van der Waals surface area contributed by atoms with Gasteiger partial charge in [0.1, 0.15) is 5.69 Å². The lowest BCUT2D eigenvalue weighted by atomic mass is 10.2. The van der Waals surface area contributed by atoms with E-state index in [0.29, 0.717) is 17.8 Å². The van der Waals surface area contributed by atoms with Gasteiger partial charge in [-0.25, -0.2) is 8.78 Å². The van der Waals surface area contributed by atoms with E-state index in [0.717, 1.165) is 10.9 Å². The Kier molecular flexibility index (Phi) is 5.11. The summed E-state index contributed by atoms with van der Waals surface area (Å²) in [6.45, 7) is 0. The number of halogens is 3. The third-order valence-electron chi connectivity index (χ3n) is 4.21. The molecule has 0 aliphatic carbocycles. The molecule has 2 heterocycles. The number of anilines is 2. The fourth-order valence-electron chi connectivity index (χ4n) is 2.78. The number of fused-ring (bicyclic) bond motifs is 1. The van der Waals surface area contributed by atoms with Crippen molar-refractivity contribution in [3.8, 4) is 0 Å². The van der Waals surface area contributed by atoms with Crippen LogP contribution in [0.15, 0.2) is 54.7 Å². The van der Waals surface area contributed by atoms with Gasteiger partial charge in [-0.3, -0.25) is 19.7 Å². The topological polar surface area (TPSA) is 99.8 Å². The summed E-state index contributed by atoms with van der Waals surface area (Å²) >= 11 is 5.79.